The van der Waals surface area contributed by atoms with Gasteiger partial charge in [-0.1, -0.05) is 0 Å². The smallest absolute Gasteiger partial charge is 0.328 e. The van der Waals surface area contributed by atoms with Crippen molar-refractivity contribution in [1.82, 2.24) is 20.4 Å². The molecule has 2 N–H and O–H groups in total. The number of morpholine rings is 2. The zero-order chi connectivity index (χ0) is 14.9. The predicted molar refractivity (Wildman–Crippen MR) is 69.2 cm³/mol. The molecule has 0 unspecified atom stereocenters. The molecule has 4 amide bonds. The van der Waals surface area contributed by atoms with Crippen LogP contribution in [0.2, 0.25) is 0 Å². The average Bonchev–Trinajstić information content (AvgIpc) is 2.49. The lowest BCUT2D eigenvalue weighted by Gasteiger charge is -2.50. The Kier molecular flexibility index (Phi) is 3.89. The van der Waals surface area contributed by atoms with Crippen LogP contribution in [0, 0.1) is 0 Å². The maximum absolute atomic E-state index is 12.6. The van der Waals surface area contributed by atoms with Crippen molar-refractivity contribution in [2.45, 2.75) is 5.66 Å². The van der Waals surface area contributed by atoms with Crippen molar-refractivity contribution in [2.75, 3.05) is 52.6 Å². The van der Waals surface area contributed by atoms with Crippen molar-refractivity contribution >= 4 is 17.8 Å². The summed E-state index contributed by atoms with van der Waals surface area (Å²) in [6.45, 7) is 3.58. The predicted octanol–water partition coefficient (Wildman–Crippen LogP) is -2.29. The molecule has 9 heteroatoms. The molecule has 0 spiro atoms. The molecule has 21 heavy (non-hydrogen) atoms. The van der Waals surface area contributed by atoms with Crippen molar-refractivity contribution in [2.24, 2.45) is 0 Å². The van der Waals surface area contributed by atoms with Crippen LogP contribution in [0.15, 0.2) is 0 Å². The van der Waals surface area contributed by atoms with E-state index in [1.165, 1.54) is 0 Å². The number of barbiturate groups is 1. The number of nitrogens with one attached hydrogen (secondary N) is 2. The number of imide groups is 2. The van der Waals surface area contributed by atoms with Gasteiger partial charge in [-0.3, -0.25) is 30.0 Å². The number of carbonyl (C=O) groups excluding carboxylic acids is 3. The molecule has 9 nitrogen and oxygen atoms in total. The van der Waals surface area contributed by atoms with Crippen LogP contribution in [0.4, 0.5) is 4.79 Å². The van der Waals surface area contributed by atoms with Crippen LogP contribution in [0.25, 0.3) is 0 Å². The Morgan fingerprint density at radius 3 is 1.52 bits per heavy atom. The molecule has 0 saturated carbocycles. The van der Waals surface area contributed by atoms with Crippen LogP contribution in [0.1, 0.15) is 0 Å². The molecule has 3 rings (SSSR count). The molecule has 0 atom stereocenters. The van der Waals surface area contributed by atoms with E-state index >= 15 is 0 Å². The van der Waals surface area contributed by atoms with E-state index in [2.05, 4.69) is 10.6 Å². The molecule has 0 bridgehead atoms. The maximum atomic E-state index is 12.6. The average molecular weight is 298 g/mol. The second-order valence-corrected chi connectivity index (χ2v) is 5.11. The summed E-state index contributed by atoms with van der Waals surface area (Å²) in [4.78, 5) is 40.1. The van der Waals surface area contributed by atoms with Crippen LogP contribution < -0.4 is 10.6 Å². The quantitative estimate of drug-likeness (QED) is 0.554. The minimum Gasteiger partial charge on any atom is -0.379 e. The number of ether oxygens (including phenoxy) is 2. The standard InChI is InChI=1S/C12H18N4O5/c17-9-12(10(18)14-11(19)13-9,15-1-5-20-6-2-15)16-3-7-21-8-4-16/h1-8H2,(H2,13,14,17,18,19). The largest absolute Gasteiger partial charge is 0.379 e. The number of nitrogens with zero attached hydrogens (tertiary/aromatic N) is 2. The van der Waals surface area contributed by atoms with Gasteiger partial charge in [-0.05, 0) is 0 Å². The molecule has 3 aliphatic rings. The first-order valence-corrected chi connectivity index (χ1v) is 6.98. The Morgan fingerprint density at radius 2 is 1.14 bits per heavy atom. The number of carbonyl (C=O) groups is 3. The fraction of sp³-hybridized carbons (Fsp3) is 0.750. The van der Waals surface area contributed by atoms with Crippen LogP contribution in [0.5, 0.6) is 0 Å². The molecule has 3 saturated heterocycles. The molecular weight excluding hydrogens is 280 g/mol. The van der Waals surface area contributed by atoms with Crippen LogP contribution in [-0.4, -0.2) is 85.9 Å². The summed E-state index contributed by atoms with van der Waals surface area (Å²) in [6, 6.07) is -0.776. The second-order valence-electron chi connectivity index (χ2n) is 5.11. The zero-order valence-corrected chi connectivity index (χ0v) is 11.6. The minimum atomic E-state index is -1.50. The number of urea groups is 1. The number of hydrogen-bond acceptors (Lipinski definition) is 7. The van der Waals surface area contributed by atoms with Gasteiger partial charge in [0.25, 0.3) is 11.8 Å². The third kappa shape index (κ3) is 2.31. The van der Waals surface area contributed by atoms with E-state index in [1.807, 2.05) is 0 Å². The molecule has 0 aromatic heterocycles. The Balaban J connectivity index is 1.98. The molecule has 0 radical (unpaired) electrons. The van der Waals surface area contributed by atoms with E-state index in [-0.39, 0.29) is 0 Å². The summed E-state index contributed by atoms with van der Waals surface area (Å²) in [6.07, 6.45) is 0. The minimum absolute atomic E-state index is 0.445. The third-order valence-corrected chi connectivity index (χ3v) is 4.02. The van der Waals surface area contributed by atoms with Gasteiger partial charge in [-0.2, -0.15) is 0 Å². The lowest BCUT2D eigenvalue weighted by atomic mass is 9.99. The van der Waals surface area contributed by atoms with E-state index in [9.17, 15) is 14.4 Å². The van der Waals surface area contributed by atoms with Gasteiger partial charge in [0, 0.05) is 26.2 Å². The molecular formula is C12H18N4O5. The molecule has 3 heterocycles. The van der Waals surface area contributed by atoms with E-state index in [0.29, 0.717) is 52.6 Å². The monoisotopic (exact) mass is 298 g/mol. The maximum Gasteiger partial charge on any atom is 0.328 e. The Morgan fingerprint density at radius 1 is 0.762 bits per heavy atom. The van der Waals surface area contributed by atoms with Gasteiger partial charge in [0.2, 0.25) is 5.66 Å². The highest BCUT2D eigenvalue weighted by atomic mass is 16.5. The van der Waals surface area contributed by atoms with E-state index in [0.717, 1.165) is 0 Å². The first kappa shape index (κ1) is 14.4. The zero-order valence-electron chi connectivity index (χ0n) is 11.6. The summed E-state index contributed by atoms with van der Waals surface area (Å²) in [7, 11) is 0. The van der Waals surface area contributed by atoms with Crippen molar-refractivity contribution in [3.8, 4) is 0 Å². The van der Waals surface area contributed by atoms with Crippen molar-refractivity contribution in [3.05, 3.63) is 0 Å². The fourth-order valence-electron chi connectivity index (χ4n) is 3.06. The lowest BCUT2D eigenvalue weighted by molar-refractivity contribution is -0.176. The van der Waals surface area contributed by atoms with Gasteiger partial charge >= 0.3 is 6.03 Å². The van der Waals surface area contributed by atoms with E-state index < -0.39 is 23.5 Å². The normalized spacial score (nSPS) is 28.1. The Hall–Kier alpha value is -1.55. The van der Waals surface area contributed by atoms with Gasteiger partial charge in [0.1, 0.15) is 0 Å². The molecule has 0 aromatic carbocycles. The van der Waals surface area contributed by atoms with E-state index in [4.69, 9.17) is 9.47 Å². The first-order valence-electron chi connectivity index (χ1n) is 6.98. The van der Waals surface area contributed by atoms with E-state index in [1.54, 1.807) is 9.80 Å². The summed E-state index contributed by atoms with van der Waals surface area (Å²) >= 11 is 0. The molecule has 116 valence electrons. The van der Waals surface area contributed by atoms with Gasteiger partial charge < -0.3 is 9.47 Å². The SMILES string of the molecule is O=C1NC(=O)C(N2CCOCC2)(N2CCOCC2)C(=O)N1. The molecule has 0 aromatic rings. The third-order valence-electron chi connectivity index (χ3n) is 4.02. The lowest BCUT2D eigenvalue weighted by Crippen LogP contribution is -2.81. The van der Waals surface area contributed by atoms with Gasteiger partial charge in [-0.15, -0.1) is 0 Å². The first-order chi connectivity index (χ1) is 10.2. The number of hydrogen-bond donors (Lipinski definition) is 2. The Labute approximate surface area is 121 Å². The van der Waals surface area contributed by atoms with Crippen molar-refractivity contribution in [3.63, 3.8) is 0 Å². The van der Waals surface area contributed by atoms with Crippen molar-refractivity contribution < 1.29 is 23.9 Å². The topological polar surface area (TPSA) is 100 Å². The summed E-state index contributed by atoms with van der Waals surface area (Å²) in [5.74, 6) is -1.19. The Bertz CT molecular complexity index is 417. The molecule has 3 fully saturated rings. The number of rotatable bonds is 2. The van der Waals surface area contributed by atoms with Crippen molar-refractivity contribution in [1.29, 1.82) is 0 Å². The molecule has 0 aliphatic carbocycles. The second kappa shape index (κ2) is 5.68. The highest BCUT2D eigenvalue weighted by Gasteiger charge is 2.59. The highest BCUT2D eigenvalue weighted by molar-refractivity contribution is 6.22. The molecule has 3 aliphatic heterocycles. The summed E-state index contributed by atoms with van der Waals surface area (Å²) < 4.78 is 10.6. The van der Waals surface area contributed by atoms with Crippen LogP contribution in [-0.2, 0) is 19.1 Å². The van der Waals surface area contributed by atoms with Crippen LogP contribution >= 0.6 is 0 Å². The van der Waals surface area contributed by atoms with Gasteiger partial charge in [-0.25, -0.2) is 4.79 Å². The van der Waals surface area contributed by atoms with Gasteiger partial charge in [0.05, 0.1) is 26.4 Å². The summed E-state index contributed by atoms with van der Waals surface area (Å²) in [5, 5.41) is 4.44. The summed E-state index contributed by atoms with van der Waals surface area (Å²) in [5.41, 5.74) is -1.50. The van der Waals surface area contributed by atoms with Gasteiger partial charge in [0.15, 0.2) is 0 Å². The fourth-order valence-corrected chi connectivity index (χ4v) is 3.06. The van der Waals surface area contributed by atoms with Crippen LogP contribution in [0.3, 0.4) is 0 Å². The highest BCUT2D eigenvalue weighted by Crippen LogP contribution is 2.26. The number of amides is 4.